The fourth-order valence-electron chi connectivity index (χ4n) is 1.58. The third kappa shape index (κ3) is 3.67. The molecule has 0 unspecified atom stereocenters. The number of aromatic carboxylic acids is 1. The maximum absolute atomic E-state index is 12.1. The van der Waals surface area contributed by atoms with E-state index in [4.69, 9.17) is 16.7 Å². The summed E-state index contributed by atoms with van der Waals surface area (Å²) >= 11 is 5.93. The van der Waals surface area contributed by atoms with Crippen molar-refractivity contribution >= 4 is 23.4 Å². The third-order valence-corrected chi connectivity index (χ3v) is 2.81. The van der Waals surface area contributed by atoms with E-state index in [9.17, 15) is 9.59 Å². The van der Waals surface area contributed by atoms with Crippen molar-refractivity contribution in [2.24, 2.45) is 0 Å². The van der Waals surface area contributed by atoms with Crippen LogP contribution in [0.25, 0.3) is 0 Å². The number of carbonyl (C=O) groups excluding carboxylic acids is 1. The molecule has 0 bridgehead atoms. The maximum Gasteiger partial charge on any atom is 1.00 e. The number of carboxylic acids is 1. The molecule has 3 nitrogen and oxygen atoms in total. The van der Waals surface area contributed by atoms with Crippen molar-refractivity contribution in [3.63, 3.8) is 0 Å². The van der Waals surface area contributed by atoms with Crippen LogP contribution in [0.5, 0.6) is 0 Å². The molecular formula is C14H10ClNaO3. The van der Waals surface area contributed by atoms with E-state index < -0.39 is 5.97 Å². The van der Waals surface area contributed by atoms with Gasteiger partial charge in [-0.3, -0.25) is 4.79 Å². The van der Waals surface area contributed by atoms with Crippen LogP contribution in [0.2, 0.25) is 5.02 Å². The Bertz CT molecular complexity index is 617. The second-order valence-electron chi connectivity index (χ2n) is 3.69. The molecule has 0 aliphatic carbocycles. The molecule has 2 aromatic rings. The Kier molecular flexibility index (Phi) is 5.76. The van der Waals surface area contributed by atoms with Gasteiger partial charge in [-0.25, -0.2) is 4.79 Å². The number of ketones is 1. The second-order valence-corrected chi connectivity index (χ2v) is 4.10. The van der Waals surface area contributed by atoms with E-state index >= 15 is 0 Å². The summed E-state index contributed by atoms with van der Waals surface area (Å²) in [6, 6.07) is 12.8. The summed E-state index contributed by atoms with van der Waals surface area (Å²) in [6.07, 6.45) is 0. The summed E-state index contributed by atoms with van der Waals surface area (Å²) in [4.78, 5) is 22.9. The first-order chi connectivity index (χ1) is 8.59. The molecule has 0 amide bonds. The quantitative estimate of drug-likeness (QED) is 0.655. The van der Waals surface area contributed by atoms with Crippen molar-refractivity contribution < 1.29 is 45.7 Å². The van der Waals surface area contributed by atoms with Gasteiger partial charge in [0.25, 0.3) is 0 Å². The average Bonchev–Trinajstić information content (AvgIpc) is 2.38. The zero-order valence-electron chi connectivity index (χ0n) is 11.3. The van der Waals surface area contributed by atoms with Crippen LogP contribution in [-0.2, 0) is 0 Å². The number of rotatable bonds is 3. The van der Waals surface area contributed by atoms with Crippen molar-refractivity contribution in [2.45, 2.75) is 0 Å². The van der Waals surface area contributed by atoms with Gasteiger partial charge in [-0.15, -0.1) is 0 Å². The van der Waals surface area contributed by atoms with Crippen LogP contribution >= 0.6 is 11.6 Å². The number of hydrogen-bond acceptors (Lipinski definition) is 2. The van der Waals surface area contributed by atoms with Gasteiger partial charge in [0.1, 0.15) is 0 Å². The Labute approximate surface area is 139 Å². The standard InChI is InChI=1S/C14H9ClO3.Na.H/c15-12-8-10(14(17)18)6-7-11(12)13(16)9-4-2-1-3-5-9;;/h1-8H,(H,17,18);;/q;+1;-1. The van der Waals surface area contributed by atoms with Crippen molar-refractivity contribution in [1.82, 2.24) is 0 Å². The molecule has 2 aromatic carbocycles. The minimum atomic E-state index is -1.07. The van der Waals surface area contributed by atoms with Crippen LogP contribution < -0.4 is 29.6 Å². The molecular weight excluding hydrogens is 275 g/mol. The number of benzene rings is 2. The predicted molar refractivity (Wildman–Crippen MR) is 69.4 cm³/mol. The van der Waals surface area contributed by atoms with Crippen LogP contribution in [0.3, 0.4) is 0 Å². The summed E-state index contributed by atoms with van der Waals surface area (Å²) in [6.45, 7) is 0. The summed E-state index contributed by atoms with van der Waals surface area (Å²) in [5.41, 5.74) is 0.875. The zero-order chi connectivity index (χ0) is 13.1. The molecule has 0 aliphatic rings. The minimum Gasteiger partial charge on any atom is -1.00 e. The van der Waals surface area contributed by atoms with Crippen molar-refractivity contribution in [3.8, 4) is 0 Å². The first kappa shape index (κ1) is 15.9. The maximum atomic E-state index is 12.1. The molecule has 0 aromatic heterocycles. The SMILES string of the molecule is O=C(O)c1ccc(C(=O)c2ccccc2)c(Cl)c1.[H-].[Na+]. The third-order valence-electron chi connectivity index (χ3n) is 2.50. The molecule has 0 spiro atoms. The van der Waals surface area contributed by atoms with E-state index in [-0.39, 0.29) is 47.4 Å². The zero-order valence-corrected chi connectivity index (χ0v) is 13.0. The molecule has 1 N–H and O–H groups in total. The van der Waals surface area contributed by atoms with Crippen molar-refractivity contribution in [2.75, 3.05) is 0 Å². The van der Waals surface area contributed by atoms with Crippen LogP contribution in [0.15, 0.2) is 48.5 Å². The van der Waals surface area contributed by atoms with E-state index in [1.807, 2.05) is 6.07 Å². The molecule has 0 radical (unpaired) electrons. The number of halogens is 1. The molecule has 0 heterocycles. The van der Waals surface area contributed by atoms with Gasteiger partial charge < -0.3 is 6.53 Å². The molecule has 92 valence electrons. The van der Waals surface area contributed by atoms with Crippen molar-refractivity contribution in [1.29, 1.82) is 0 Å². The Balaban J connectivity index is 0.00000180. The Hall–Kier alpha value is -1.13. The summed E-state index contributed by atoms with van der Waals surface area (Å²) in [5, 5.41) is 8.95. The fourth-order valence-corrected chi connectivity index (χ4v) is 1.84. The van der Waals surface area contributed by atoms with Gasteiger partial charge in [-0.1, -0.05) is 41.9 Å². The van der Waals surface area contributed by atoms with Crippen LogP contribution in [0, 0.1) is 0 Å². The van der Waals surface area contributed by atoms with Crippen molar-refractivity contribution in [3.05, 3.63) is 70.2 Å². The number of carbonyl (C=O) groups is 2. The summed E-state index contributed by atoms with van der Waals surface area (Å²) < 4.78 is 0. The predicted octanol–water partition coefficient (Wildman–Crippen LogP) is 0.386. The van der Waals surface area contributed by atoms with E-state index in [0.29, 0.717) is 11.1 Å². The average molecular weight is 285 g/mol. The molecule has 0 saturated carbocycles. The van der Waals surface area contributed by atoms with Gasteiger partial charge in [0.05, 0.1) is 10.6 Å². The summed E-state index contributed by atoms with van der Waals surface area (Å²) in [5.74, 6) is -1.30. The largest absolute Gasteiger partial charge is 1.00 e. The van der Waals surface area contributed by atoms with Gasteiger partial charge in [0, 0.05) is 11.1 Å². The van der Waals surface area contributed by atoms with Crippen LogP contribution in [-0.4, -0.2) is 16.9 Å². The molecule has 5 heteroatoms. The number of carboxylic acid groups (broad SMARTS) is 1. The second kappa shape index (κ2) is 6.87. The van der Waals surface area contributed by atoms with E-state index in [1.165, 1.54) is 18.2 Å². The first-order valence-electron chi connectivity index (χ1n) is 5.22. The number of hydrogen-bond donors (Lipinski definition) is 1. The monoisotopic (exact) mass is 284 g/mol. The van der Waals surface area contributed by atoms with E-state index in [1.54, 1.807) is 24.3 Å². The normalized spacial score (nSPS) is 9.53. The van der Waals surface area contributed by atoms with Gasteiger partial charge in [-0.2, -0.15) is 0 Å². The van der Waals surface area contributed by atoms with Crippen LogP contribution in [0.1, 0.15) is 27.7 Å². The smallest absolute Gasteiger partial charge is 1.00 e. The molecule has 0 saturated heterocycles. The molecule has 0 aliphatic heterocycles. The first-order valence-corrected chi connectivity index (χ1v) is 5.60. The van der Waals surface area contributed by atoms with E-state index in [2.05, 4.69) is 0 Å². The molecule has 2 rings (SSSR count). The molecule has 19 heavy (non-hydrogen) atoms. The van der Waals surface area contributed by atoms with E-state index in [0.717, 1.165) is 0 Å². The Morgan fingerprint density at radius 3 is 2.16 bits per heavy atom. The van der Waals surface area contributed by atoms with Gasteiger partial charge in [0.15, 0.2) is 5.78 Å². The molecule has 0 fully saturated rings. The van der Waals surface area contributed by atoms with Crippen LogP contribution in [0.4, 0.5) is 0 Å². The fraction of sp³-hybridized carbons (Fsp3) is 0. The minimum absolute atomic E-state index is 0. The van der Waals surface area contributed by atoms with Gasteiger partial charge in [-0.05, 0) is 18.2 Å². The summed E-state index contributed by atoms with van der Waals surface area (Å²) in [7, 11) is 0. The van der Waals surface area contributed by atoms with Gasteiger partial charge in [0.2, 0.25) is 0 Å². The molecule has 0 atom stereocenters. The van der Waals surface area contributed by atoms with Gasteiger partial charge >= 0.3 is 35.5 Å². The Morgan fingerprint density at radius 2 is 1.63 bits per heavy atom. The Morgan fingerprint density at radius 1 is 1.00 bits per heavy atom. The topological polar surface area (TPSA) is 54.4 Å².